The van der Waals surface area contributed by atoms with Gasteiger partial charge in [0.15, 0.2) is 0 Å². The van der Waals surface area contributed by atoms with Crippen molar-refractivity contribution in [1.29, 1.82) is 0 Å². The van der Waals surface area contributed by atoms with Crippen LogP contribution in [0.25, 0.3) is 10.8 Å². The molecule has 0 aliphatic rings. The normalized spacial score (nSPS) is 11.6. The number of carbonyl (C=O) groups is 2. The SMILES string of the molecule is O=C(N[C@@H](Cc1ccccc1)C(=O)[Se]c1cccc2ccccc12)OCc1ccccc1. The van der Waals surface area contributed by atoms with E-state index in [-0.39, 0.29) is 11.3 Å². The van der Waals surface area contributed by atoms with Crippen LogP contribution in [0.15, 0.2) is 103 Å². The third-order valence-electron chi connectivity index (χ3n) is 5.03. The number of hydrogen-bond donors (Lipinski definition) is 1. The molecule has 0 unspecified atom stereocenters. The van der Waals surface area contributed by atoms with Gasteiger partial charge in [-0.25, -0.2) is 0 Å². The number of amides is 1. The van der Waals surface area contributed by atoms with E-state index >= 15 is 0 Å². The molecule has 1 atom stereocenters. The molecule has 4 aromatic rings. The molecule has 1 N–H and O–H groups in total. The van der Waals surface area contributed by atoms with Gasteiger partial charge >= 0.3 is 194 Å². The van der Waals surface area contributed by atoms with Crippen molar-refractivity contribution < 1.29 is 14.3 Å². The Morgan fingerprint density at radius 1 is 0.750 bits per heavy atom. The second kappa shape index (κ2) is 10.8. The molecule has 0 heterocycles. The zero-order chi connectivity index (χ0) is 22.2. The number of alkyl carbamates (subject to hydrolysis) is 1. The van der Waals surface area contributed by atoms with Crippen molar-refractivity contribution >= 4 is 41.0 Å². The van der Waals surface area contributed by atoms with Crippen molar-refractivity contribution in [2.24, 2.45) is 0 Å². The minimum absolute atomic E-state index is 0.00867. The van der Waals surface area contributed by atoms with Crippen LogP contribution < -0.4 is 9.78 Å². The van der Waals surface area contributed by atoms with Gasteiger partial charge in [-0.2, -0.15) is 0 Å². The average molecular weight is 488 g/mol. The van der Waals surface area contributed by atoms with Crippen LogP contribution in [0.1, 0.15) is 11.1 Å². The van der Waals surface area contributed by atoms with Crippen LogP contribution in [0.2, 0.25) is 0 Å². The van der Waals surface area contributed by atoms with E-state index in [1.54, 1.807) is 0 Å². The second-order valence-electron chi connectivity index (χ2n) is 7.35. The molecule has 4 aromatic carbocycles. The molecule has 160 valence electrons. The third kappa shape index (κ3) is 5.85. The molecular weight excluding hydrogens is 465 g/mol. The molecule has 0 radical (unpaired) electrons. The molecular formula is C27H23NO3Se. The molecule has 4 nitrogen and oxygen atoms in total. The Labute approximate surface area is 193 Å². The molecule has 0 aromatic heterocycles. The first kappa shape index (κ1) is 21.8. The van der Waals surface area contributed by atoms with Crippen molar-refractivity contribution in [3.63, 3.8) is 0 Å². The maximum atomic E-state index is 13.3. The van der Waals surface area contributed by atoms with Crippen molar-refractivity contribution in [2.75, 3.05) is 0 Å². The van der Waals surface area contributed by atoms with Gasteiger partial charge in [0.2, 0.25) is 0 Å². The minimum atomic E-state index is -0.653. The van der Waals surface area contributed by atoms with Crippen LogP contribution in [0.4, 0.5) is 4.79 Å². The number of rotatable bonds is 8. The van der Waals surface area contributed by atoms with E-state index < -0.39 is 27.1 Å². The van der Waals surface area contributed by atoms with Crippen LogP contribution in [0.3, 0.4) is 0 Å². The molecule has 4 rings (SSSR count). The predicted octanol–water partition coefficient (Wildman–Crippen LogP) is 4.23. The number of carbonyl (C=O) groups excluding carboxylic acids is 2. The molecule has 0 aliphatic carbocycles. The van der Waals surface area contributed by atoms with E-state index in [2.05, 4.69) is 5.32 Å². The topological polar surface area (TPSA) is 55.4 Å². The van der Waals surface area contributed by atoms with Crippen LogP contribution >= 0.6 is 0 Å². The number of nitrogens with one attached hydrogen (secondary N) is 1. The molecule has 0 aliphatic heterocycles. The monoisotopic (exact) mass is 489 g/mol. The van der Waals surface area contributed by atoms with Crippen LogP contribution in [-0.4, -0.2) is 31.8 Å². The van der Waals surface area contributed by atoms with E-state index in [4.69, 9.17) is 4.74 Å². The van der Waals surface area contributed by atoms with Gasteiger partial charge in [0.05, 0.1) is 0 Å². The molecule has 32 heavy (non-hydrogen) atoms. The van der Waals surface area contributed by atoms with Gasteiger partial charge in [0, 0.05) is 0 Å². The van der Waals surface area contributed by atoms with Crippen LogP contribution in [-0.2, 0) is 22.6 Å². The first-order valence-corrected chi connectivity index (χ1v) is 12.1. The van der Waals surface area contributed by atoms with E-state index in [0.29, 0.717) is 6.42 Å². The number of fused-ring (bicyclic) bond motifs is 1. The molecule has 1 amide bonds. The second-order valence-corrected chi connectivity index (χ2v) is 9.54. The Balaban J connectivity index is 1.49. The average Bonchev–Trinajstić information content (AvgIpc) is 2.84. The van der Waals surface area contributed by atoms with Gasteiger partial charge in [-0.05, 0) is 0 Å². The summed E-state index contributed by atoms with van der Waals surface area (Å²) in [6, 6.07) is 32.6. The third-order valence-corrected chi connectivity index (χ3v) is 7.26. The van der Waals surface area contributed by atoms with Crippen molar-refractivity contribution in [1.82, 2.24) is 5.32 Å². The van der Waals surface area contributed by atoms with Gasteiger partial charge in [-0.15, -0.1) is 0 Å². The molecule has 5 heteroatoms. The Bertz CT molecular complexity index is 1190. The Kier molecular flexibility index (Phi) is 7.34. The zero-order valence-corrected chi connectivity index (χ0v) is 19.2. The van der Waals surface area contributed by atoms with Crippen molar-refractivity contribution in [2.45, 2.75) is 19.1 Å². The molecule has 0 bridgehead atoms. The number of ether oxygens (including phenoxy) is 1. The van der Waals surface area contributed by atoms with Gasteiger partial charge < -0.3 is 0 Å². The number of benzene rings is 4. The van der Waals surface area contributed by atoms with E-state index in [1.807, 2.05) is 103 Å². The summed E-state index contributed by atoms with van der Waals surface area (Å²) in [6.45, 7) is 0.160. The van der Waals surface area contributed by atoms with Crippen molar-refractivity contribution in [3.8, 4) is 0 Å². The summed E-state index contributed by atoms with van der Waals surface area (Å²) in [5, 5.41) is 4.99. The molecule has 0 saturated heterocycles. The summed E-state index contributed by atoms with van der Waals surface area (Å²) < 4.78 is 6.39. The zero-order valence-electron chi connectivity index (χ0n) is 17.4. The summed E-state index contributed by atoms with van der Waals surface area (Å²) in [7, 11) is 0. The predicted molar refractivity (Wildman–Crippen MR) is 128 cm³/mol. The summed E-state index contributed by atoms with van der Waals surface area (Å²) in [6.07, 6.45) is -0.163. The van der Waals surface area contributed by atoms with E-state index in [9.17, 15) is 9.59 Å². The fraction of sp³-hybridized carbons (Fsp3) is 0.111. The Morgan fingerprint density at radius 3 is 2.12 bits per heavy atom. The van der Waals surface area contributed by atoms with Crippen LogP contribution in [0.5, 0.6) is 0 Å². The fourth-order valence-electron chi connectivity index (χ4n) is 3.41. The van der Waals surface area contributed by atoms with Gasteiger partial charge in [-0.1, -0.05) is 0 Å². The summed E-state index contributed by atoms with van der Waals surface area (Å²) in [5.74, 6) is 0. The summed E-state index contributed by atoms with van der Waals surface area (Å²) >= 11 is -0.451. The van der Waals surface area contributed by atoms with Crippen molar-refractivity contribution in [3.05, 3.63) is 114 Å². The first-order valence-electron chi connectivity index (χ1n) is 10.4. The van der Waals surface area contributed by atoms with Gasteiger partial charge in [-0.3, -0.25) is 0 Å². The standard InChI is InChI=1S/C27H23NO3Se/c29-26(32-25-17-9-15-22-14-7-8-16-23(22)25)24(18-20-10-3-1-4-11-20)28-27(30)31-19-21-12-5-2-6-13-21/h1-17,24H,18-19H2,(H,28,30)/t24-/m0/s1. The maximum absolute atomic E-state index is 13.3. The Hall–Kier alpha value is -3.40. The van der Waals surface area contributed by atoms with E-state index in [0.717, 1.165) is 26.4 Å². The Morgan fingerprint density at radius 2 is 1.38 bits per heavy atom. The van der Waals surface area contributed by atoms with Gasteiger partial charge in [0.25, 0.3) is 0 Å². The molecule has 0 fully saturated rings. The van der Waals surface area contributed by atoms with E-state index in [1.165, 1.54) is 0 Å². The number of hydrogen-bond acceptors (Lipinski definition) is 3. The fourth-order valence-corrected chi connectivity index (χ4v) is 5.39. The molecule has 0 saturated carbocycles. The first-order chi connectivity index (χ1) is 15.7. The van der Waals surface area contributed by atoms with Gasteiger partial charge in [0.1, 0.15) is 0 Å². The quantitative estimate of drug-likeness (QED) is 0.378. The molecule has 0 spiro atoms. The summed E-state index contributed by atoms with van der Waals surface area (Å²) in [5.41, 5.74) is 1.89. The van der Waals surface area contributed by atoms with Crippen LogP contribution in [0, 0.1) is 0 Å². The summed E-state index contributed by atoms with van der Waals surface area (Å²) in [4.78, 5) is 25.8.